The van der Waals surface area contributed by atoms with E-state index in [0.717, 1.165) is 0 Å². The highest BCUT2D eigenvalue weighted by Crippen LogP contribution is 2.37. The number of amides is 1. The van der Waals surface area contributed by atoms with Crippen molar-refractivity contribution in [3.8, 4) is 12.3 Å². The number of rotatable bonds is 9. The zero-order valence-corrected chi connectivity index (χ0v) is 14.0. The highest BCUT2D eigenvalue weighted by atomic mass is 32.2. The lowest BCUT2D eigenvalue weighted by Gasteiger charge is -2.22. The molecule has 0 aromatic heterocycles. The predicted octanol–water partition coefficient (Wildman–Crippen LogP) is 1.05. The van der Waals surface area contributed by atoms with Crippen LogP contribution in [0, 0.1) is 12.3 Å². The van der Waals surface area contributed by atoms with Gasteiger partial charge in [-0.2, -0.15) is 10.2 Å². The molecule has 1 amide bonds. The zero-order valence-electron chi connectivity index (χ0n) is 13.2. The second-order valence-corrected chi connectivity index (χ2v) is 8.26. The average molecular weight is 341 g/mol. The van der Waals surface area contributed by atoms with Gasteiger partial charge in [0, 0.05) is 32.2 Å². The van der Waals surface area contributed by atoms with Gasteiger partial charge in [-0.15, -0.1) is 12.3 Å². The first-order chi connectivity index (χ1) is 10.9. The van der Waals surface area contributed by atoms with Crippen LogP contribution in [0.5, 0.6) is 0 Å². The summed E-state index contributed by atoms with van der Waals surface area (Å²) in [6.07, 6.45) is 8.53. The van der Waals surface area contributed by atoms with E-state index in [1.807, 2.05) is 0 Å². The van der Waals surface area contributed by atoms with Crippen LogP contribution < -0.4 is 5.32 Å². The molecule has 1 N–H and O–H groups in total. The van der Waals surface area contributed by atoms with Gasteiger partial charge in [0.05, 0.1) is 24.2 Å². The van der Waals surface area contributed by atoms with E-state index in [9.17, 15) is 13.2 Å². The van der Waals surface area contributed by atoms with Crippen LogP contribution in [0.25, 0.3) is 0 Å². The van der Waals surface area contributed by atoms with Gasteiger partial charge in [-0.25, -0.2) is 8.42 Å². The summed E-state index contributed by atoms with van der Waals surface area (Å²) in [6, 6.07) is 0. The number of sulfone groups is 1. The molecule has 2 heterocycles. The Morgan fingerprint density at radius 1 is 1.30 bits per heavy atom. The van der Waals surface area contributed by atoms with E-state index in [4.69, 9.17) is 11.2 Å². The first-order valence-electron chi connectivity index (χ1n) is 7.91. The van der Waals surface area contributed by atoms with Crippen LogP contribution in [0.4, 0.5) is 0 Å². The maximum atomic E-state index is 11.8. The maximum absolute atomic E-state index is 11.8. The number of hydrogen-bond acceptors (Lipinski definition) is 6. The van der Waals surface area contributed by atoms with Crippen LogP contribution >= 0.6 is 0 Å². The highest BCUT2D eigenvalue weighted by molar-refractivity contribution is 7.91. The van der Waals surface area contributed by atoms with Crippen LogP contribution in [-0.4, -0.2) is 50.7 Å². The van der Waals surface area contributed by atoms with E-state index in [2.05, 4.69) is 21.5 Å². The Morgan fingerprint density at radius 2 is 2.00 bits per heavy atom. The van der Waals surface area contributed by atoms with Crippen molar-refractivity contribution < 1.29 is 17.9 Å². The SMILES string of the molecule is C#CCCC1(CCC(=O)NCCOC2CCS(=O)(=O)CC2)N=N1. The van der Waals surface area contributed by atoms with Gasteiger partial charge in [-0.05, 0) is 12.8 Å². The Morgan fingerprint density at radius 3 is 2.61 bits per heavy atom. The monoisotopic (exact) mass is 341 g/mol. The second-order valence-electron chi connectivity index (χ2n) is 5.96. The van der Waals surface area contributed by atoms with Gasteiger partial charge in [-0.3, -0.25) is 4.79 Å². The molecule has 1 saturated heterocycles. The number of carbonyl (C=O) groups excluding carboxylic acids is 1. The van der Waals surface area contributed by atoms with E-state index in [0.29, 0.717) is 51.7 Å². The molecule has 2 aliphatic heterocycles. The Bertz CT molecular complexity index is 574. The minimum atomic E-state index is -2.86. The molecule has 0 atom stereocenters. The molecule has 1 fully saturated rings. The quantitative estimate of drug-likeness (QED) is 0.501. The number of nitrogens with one attached hydrogen (secondary N) is 1. The average Bonchev–Trinajstić information content (AvgIpc) is 3.29. The molecule has 0 aromatic carbocycles. The Balaban J connectivity index is 1.51. The Labute approximate surface area is 137 Å². The summed E-state index contributed by atoms with van der Waals surface area (Å²) in [7, 11) is -2.86. The van der Waals surface area contributed by atoms with E-state index < -0.39 is 15.5 Å². The van der Waals surface area contributed by atoms with Crippen molar-refractivity contribution in [3.05, 3.63) is 0 Å². The second kappa shape index (κ2) is 7.88. The molecule has 2 rings (SSSR count). The largest absolute Gasteiger partial charge is 0.376 e. The molecule has 0 spiro atoms. The highest BCUT2D eigenvalue weighted by Gasteiger charge is 2.39. The summed E-state index contributed by atoms with van der Waals surface area (Å²) in [6.45, 7) is 0.821. The number of ether oxygens (including phenoxy) is 1. The third-order valence-electron chi connectivity index (χ3n) is 4.08. The van der Waals surface area contributed by atoms with Gasteiger partial charge < -0.3 is 10.1 Å². The van der Waals surface area contributed by atoms with Crippen LogP contribution in [0.3, 0.4) is 0 Å². The molecule has 23 heavy (non-hydrogen) atoms. The number of nitrogens with zero attached hydrogens (tertiary/aromatic N) is 2. The fraction of sp³-hybridized carbons (Fsp3) is 0.800. The molecule has 0 aromatic rings. The number of terminal acetylenes is 1. The van der Waals surface area contributed by atoms with Gasteiger partial charge in [0.25, 0.3) is 0 Å². The third-order valence-corrected chi connectivity index (χ3v) is 5.80. The van der Waals surface area contributed by atoms with E-state index >= 15 is 0 Å². The molecule has 0 aliphatic carbocycles. The van der Waals surface area contributed by atoms with Crippen molar-refractivity contribution in [1.82, 2.24) is 5.32 Å². The van der Waals surface area contributed by atoms with Crippen molar-refractivity contribution in [2.45, 2.75) is 50.3 Å². The Hall–Kier alpha value is -1.46. The molecule has 0 unspecified atom stereocenters. The van der Waals surface area contributed by atoms with Crippen molar-refractivity contribution in [2.24, 2.45) is 10.2 Å². The van der Waals surface area contributed by atoms with Crippen LogP contribution in [0.15, 0.2) is 10.2 Å². The topological polar surface area (TPSA) is 97.2 Å². The summed E-state index contributed by atoms with van der Waals surface area (Å²) in [5.41, 5.74) is -0.423. The predicted molar refractivity (Wildman–Crippen MR) is 85.5 cm³/mol. The third kappa shape index (κ3) is 6.28. The normalized spacial score (nSPS) is 21.5. The summed E-state index contributed by atoms with van der Waals surface area (Å²) in [4.78, 5) is 11.8. The molecule has 0 saturated carbocycles. The van der Waals surface area contributed by atoms with Crippen molar-refractivity contribution >= 4 is 15.7 Å². The fourth-order valence-corrected chi connectivity index (χ4v) is 3.97. The van der Waals surface area contributed by atoms with Gasteiger partial charge in [0.2, 0.25) is 5.91 Å². The first kappa shape index (κ1) is 17.9. The van der Waals surface area contributed by atoms with Crippen molar-refractivity contribution in [1.29, 1.82) is 0 Å². The summed E-state index contributed by atoms with van der Waals surface area (Å²) in [5, 5.41) is 10.8. The van der Waals surface area contributed by atoms with E-state index in [1.54, 1.807) is 0 Å². The zero-order chi connectivity index (χ0) is 16.8. The minimum absolute atomic E-state index is 0.0217. The van der Waals surface area contributed by atoms with E-state index in [1.165, 1.54) is 0 Å². The van der Waals surface area contributed by atoms with Crippen LogP contribution in [0.1, 0.15) is 38.5 Å². The lowest BCUT2D eigenvalue weighted by atomic mass is 10.0. The number of carbonyl (C=O) groups is 1. The van der Waals surface area contributed by atoms with Gasteiger partial charge in [-0.1, -0.05) is 0 Å². The minimum Gasteiger partial charge on any atom is -0.376 e. The lowest BCUT2D eigenvalue weighted by molar-refractivity contribution is -0.121. The summed E-state index contributed by atoms with van der Waals surface area (Å²) in [5.74, 6) is 2.88. The van der Waals surface area contributed by atoms with Gasteiger partial charge in [0.1, 0.15) is 0 Å². The molecule has 0 bridgehead atoms. The molecule has 2 aliphatic rings. The Kier molecular flexibility index (Phi) is 6.13. The van der Waals surface area contributed by atoms with Crippen LogP contribution in [-0.2, 0) is 19.4 Å². The number of hydrogen-bond donors (Lipinski definition) is 1. The van der Waals surface area contributed by atoms with Crippen LogP contribution in [0.2, 0.25) is 0 Å². The molecular formula is C15H23N3O4S. The molecule has 8 heteroatoms. The maximum Gasteiger partial charge on any atom is 0.220 e. The van der Waals surface area contributed by atoms with Crippen molar-refractivity contribution in [3.63, 3.8) is 0 Å². The summed E-state index contributed by atoms with van der Waals surface area (Å²) < 4.78 is 28.2. The van der Waals surface area contributed by atoms with Gasteiger partial charge in [0.15, 0.2) is 15.5 Å². The van der Waals surface area contributed by atoms with Gasteiger partial charge >= 0.3 is 0 Å². The fourth-order valence-electron chi connectivity index (χ4n) is 2.52. The first-order valence-corrected chi connectivity index (χ1v) is 9.73. The molecular weight excluding hydrogens is 318 g/mol. The lowest BCUT2D eigenvalue weighted by Crippen LogP contribution is -2.33. The molecule has 0 radical (unpaired) electrons. The standard InChI is InChI=1S/C15H23N3O4S/c1-2-3-7-15(17-18-15)8-4-14(19)16-9-10-22-13-5-11-23(20,21)12-6-13/h1,13H,3-12H2,(H,16,19). The molecule has 128 valence electrons. The summed E-state index contributed by atoms with van der Waals surface area (Å²) >= 11 is 0. The molecule has 7 nitrogen and oxygen atoms in total. The van der Waals surface area contributed by atoms with E-state index in [-0.39, 0.29) is 23.5 Å². The smallest absolute Gasteiger partial charge is 0.220 e. The van der Waals surface area contributed by atoms with Crippen molar-refractivity contribution in [2.75, 3.05) is 24.7 Å².